The summed E-state index contributed by atoms with van der Waals surface area (Å²) >= 11 is 6.36. The molecular weight excluding hydrogens is 454 g/mol. The summed E-state index contributed by atoms with van der Waals surface area (Å²) in [5.41, 5.74) is 3.12. The Morgan fingerprint density at radius 3 is 2.82 bits per heavy atom. The fourth-order valence-corrected chi connectivity index (χ4v) is 3.96. The summed E-state index contributed by atoms with van der Waals surface area (Å²) in [6, 6.07) is 9.29. The Hall–Kier alpha value is -4.04. The van der Waals surface area contributed by atoms with Crippen LogP contribution in [0.2, 0.25) is 5.02 Å². The van der Waals surface area contributed by atoms with Crippen molar-refractivity contribution in [2.45, 2.75) is 6.10 Å². The smallest absolute Gasteiger partial charge is 0.181 e. The van der Waals surface area contributed by atoms with E-state index < -0.39 is 0 Å². The second-order valence-corrected chi connectivity index (χ2v) is 8.18. The second kappa shape index (κ2) is 9.07. The van der Waals surface area contributed by atoms with Gasteiger partial charge < -0.3 is 24.1 Å². The molecular formula is C25H22ClN5O3. The minimum Gasteiger partial charge on any atom is -0.493 e. The highest BCUT2D eigenvalue weighted by Gasteiger charge is 2.29. The molecule has 0 atom stereocenters. The van der Waals surface area contributed by atoms with Gasteiger partial charge in [0.05, 0.1) is 36.9 Å². The number of nitrogens with one attached hydrogen (secondary N) is 1. The van der Waals surface area contributed by atoms with E-state index in [0.717, 1.165) is 40.9 Å². The third kappa shape index (κ3) is 4.15. The minimum absolute atomic E-state index is 0.0184. The molecule has 0 amide bonds. The molecule has 3 heterocycles. The number of fused-ring (bicyclic) bond motifs is 1. The standard InChI is InChI=1S/C25H22ClN5O3/c1-4-15(2)31-11-17(12-31)34-23-8-19-21(9-22(23)32-3)28-13-29-25(19)30-16-5-6-20(26)18(7-16)24-10-27-14-33-24/h4-10,13-14,17H,1-2,11-12H2,3H3,(H,28,29,30). The number of aromatic nitrogens is 3. The molecule has 172 valence electrons. The summed E-state index contributed by atoms with van der Waals surface area (Å²) in [5.74, 6) is 2.44. The summed E-state index contributed by atoms with van der Waals surface area (Å²) in [6.45, 7) is 9.21. The highest BCUT2D eigenvalue weighted by Crippen LogP contribution is 2.37. The van der Waals surface area contributed by atoms with Gasteiger partial charge in [-0.3, -0.25) is 0 Å². The molecule has 34 heavy (non-hydrogen) atoms. The number of ether oxygens (including phenoxy) is 2. The number of methoxy groups -OCH3 is 1. The van der Waals surface area contributed by atoms with Gasteiger partial charge in [0.25, 0.3) is 0 Å². The molecule has 0 aliphatic carbocycles. The van der Waals surface area contributed by atoms with E-state index in [1.165, 1.54) is 12.7 Å². The molecule has 8 nitrogen and oxygen atoms in total. The molecule has 0 bridgehead atoms. The molecule has 2 aromatic heterocycles. The van der Waals surface area contributed by atoms with Crippen molar-refractivity contribution in [2.24, 2.45) is 0 Å². The average Bonchev–Trinajstić information content (AvgIpc) is 3.36. The molecule has 1 aliphatic rings. The van der Waals surface area contributed by atoms with Crippen LogP contribution in [0, 0.1) is 0 Å². The first-order chi connectivity index (χ1) is 16.6. The van der Waals surface area contributed by atoms with Crippen molar-refractivity contribution < 1.29 is 13.9 Å². The van der Waals surface area contributed by atoms with Gasteiger partial charge in [0.15, 0.2) is 23.7 Å². The van der Waals surface area contributed by atoms with Crippen molar-refractivity contribution >= 4 is 34.0 Å². The number of anilines is 2. The summed E-state index contributed by atoms with van der Waals surface area (Å²) in [6.07, 6.45) is 6.25. The molecule has 1 aliphatic heterocycles. The van der Waals surface area contributed by atoms with Crippen molar-refractivity contribution in [1.82, 2.24) is 19.9 Å². The van der Waals surface area contributed by atoms with Gasteiger partial charge >= 0.3 is 0 Å². The first kappa shape index (κ1) is 21.8. The molecule has 1 fully saturated rings. The topological polar surface area (TPSA) is 85.5 Å². The van der Waals surface area contributed by atoms with E-state index in [-0.39, 0.29) is 6.10 Å². The van der Waals surface area contributed by atoms with E-state index in [0.29, 0.717) is 28.1 Å². The van der Waals surface area contributed by atoms with E-state index in [9.17, 15) is 0 Å². The van der Waals surface area contributed by atoms with Crippen molar-refractivity contribution in [3.05, 3.63) is 79.2 Å². The van der Waals surface area contributed by atoms with E-state index in [1.54, 1.807) is 25.4 Å². The lowest BCUT2D eigenvalue weighted by Gasteiger charge is -2.41. The number of benzene rings is 2. The molecule has 0 radical (unpaired) electrons. The van der Waals surface area contributed by atoms with Crippen molar-refractivity contribution in [1.29, 1.82) is 0 Å². The third-order valence-corrected chi connectivity index (χ3v) is 5.96. The Morgan fingerprint density at radius 1 is 1.24 bits per heavy atom. The average molecular weight is 476 g/mol. The predicted octanol–water partition coefficient (Wildman–Crippen LogP) is 5.45. The first-order valence-corrected chi connectivity index (χ1v) is 10.9. The molecule has 0 spiro atoms. The number of likely N-dealkylation sites (tertiary alicyclic amines) is 1. The highest BCUT2D eigenvalue weighted by atomic mass is 35.5. The van der Waals surface area contributed by atoms with Gasteiger partial charge in [0.2, 0.25) is 0 Å². The number of hydrogen-bond acceptors (Lipinski definition) is 8. The Labute approximate surface area is 201 Å². The molecule has 9 heteroatoms. The number of halogens is 1. The lowest BCUT2D eigenvalue weighted by Crippen LogP contribution is -2.52. The van der Waals surface area contributed by atoms with Crippen LogP contribution in [0.3, 0.4) is 0 Å². The van der Waals surface area contributed by atoms with Crippen LogP contribution in [-0.2, 0) is 0 Å². The van der Waals surface area contributed by atoms with Crippen LogP contribution in [0.1, 0.15) is 0 Å². The molecule has 1 N–H and O–H groups in total. The largest absolute Gasteiger partial charge is 0.493 e. The Bertz CT molecular complexity index is 1370. The van der Waals surface area contributed by atoms with E-state index >= 15 is 0 Å². The highest BCUT2D eigenvalue weighted by molar-refractivity contribution is 6.33. The van der Waals surface area contributed by atoms with Gasteiger partial charge in [-0.1, -0.05) is 24.8 Å². The SMILES string of the molecule is C=CC(=C)N1CC(Oc2cc3c(Nc4ccc(Cl)c(-c5cnco5)c4)ncnc3cc2OC)C1. The molecule has 1 saturated heterocycles. The third-order valence-electron chi connectivity index (χ3n) is 5.63. The zero-order valence-electron chi connectivity index (χ0n) is 18.5. The number of hydrogen-bond donors (Lipinski definition) is 1. The van der Waals surface area contributed by atoms with Gasteiger partial charge in [-0.2, -0.15) is 0 Å². The Balaban J connectivity index is 1.45. The van der Waals surface area contributed by atoms with Crippen molar-refractivity contribution in [3.8, 4) is 22.8 Å². The normalized spacial score (nSPS) is 13.4. The number of rotatable bonds is 8. The van der Waals surface area contributed by atoms with Crippen LogP contribution in [0.4, 0.5) is 11.5 Å². The van der Waals surface area contributed by atoms with Crippen LogP contribution in [0.5, 0.6) is 11.5 Å². The lowest BCUT2D eigenvalue weighted by atomic mass is 10.1. The monoisotopic (exact) mass is 475 g/mol. The van der Waals surface area contributed by atoms with Gasteiger partial charge in [0.1, 0.15) is 18.2 Å². The lowest BCUT2D eigenvalue weighted by molar-refractivity contribution is 0.0454. The van der Waals surface area contributed by atoms with Crippen molar-refractivity contribution in [3.63, 3.8) is 0 Å². The Kier molecular flexibility index (Phi) is 5.81. The number of allylic oxidation sites excluding steroid dienone is 1. The van der Waals surface area contributed by atoms with E-state index in [2.05, 4.69) is 38.3 Å². The van der Waals surface area contributed by atoms with E-state index in [1.807, 2.05) is 24.3 Å². The van der Waals surface area contributed by atoms with Crippen LogP contribution in [0.15, 0.2) is 78.6 Å². The molecule has 5 rings (SSSR count). The van der Waals surface area contributed by atoms with E-state index in [4.69, 9.17) is 25.5 Å². The molecule has 0 saturated carbocycles. The van der Waals surface area contributed by atoms with Gasteiger partial charge in [0, 0.05) is 28.4 Å². The number of oxazole rings is 1. The van der Waals surface area contributed by atoms with Gasteiger partial charge in [-0.25, -0.2) is 15.0 Å². The Morgan fingerprint density at radius 2 is 2.09 bits per heavy atom. The van der Waals surface area contributed by atoms with Crippen LogP contribution < -0.4 is 14.8 Å². The molecule has 2 aromatic carbocycles. The summed E-state index contributed by atoms with van der Waals surface area (Å²) < 4.78 is 17.2. The van der Waals surface area contributed by atoms with Crippen LogP contribution in [-0.4, -0.2) is 46.2 Å². The summed E-state index contributed by atoms with van der Waals surface area (Å²) in [5, 5.41) is 4.70. The minimum atomic E-state index is 0.0184. The maximum atomic E-state index is 6.36. The predicted molar refractivity (Wildman–Crippen MR) is 132 cm³/mol. The fourth-order valence-electron chi connectivity index (χ4n) is 3.75. The zero-order chi connectivity index (χ0) is 23.7. The van der Waals surface area contributed by atoms with Crippen LogP contribution >= 0.6 is 11.6 Å². The summed E-state index contributed by atoms with van der Waals surface area (Å²) in [4.78, 5) is 14.9. The summed E-state index contributed by atoms with van der Waals surface area (Å²) in [7, 11) is 1.61. The van der Waals surface area contributed by atoms with Crippen molar-refractivity contribution in [2.75, 3.05) is 25.5 Å². The van der Waals surface area contributed by atoms with Gasteiger partial charge in [-0.15, -0.1) is 0 Å². The number of nitrogens with zero attached hydrogens (tertiary/aromatic N) is 4. The quantitative estimate of drug-likeness (QED) is 0.336. The maximum absolute atomic E-state index is 6.36. The zero-order valence-corrected chi connectivity index (χ0v) is 19.2. The first-order valence-electron chi connectivity index (χ1n) is 10.6. The molecule has 0 unspecified atom stereocenters. The molecule has 4 aromatic rings. The maximum Gasteiger partial charge on any atom is 0.181 e. The fraction of sp³-hybridized carbons (Fsp3) is 0.160. The van der Waals surface area contributed by atoms with Crippen LogP contribution in [0.25, 0.3) is 22.2 Å². The second-order valence-electron chi connectivity index (χ2n) is 7.77. The van der Waals surface area contributed by atoms with Gasteiger partial charge in [-0.05, 0) is 30.3 Å².